The fourth-order valence-electron chi connectivity index (χ4n) is 1.81. The van der Waals surface area contributed by atoms with Crippen LogP contribution in [0.4, 0.5) is 0 Å². The maximum Gasteiger partial charge on any atom is 0.140 e. The number of hydrogen-bond donors (Lipinski definition) is 1. The fourth-order valence-corrected chi connectivity index (χ4v) is 1.81. The van der Waals surface area contributed by atoms with E-state index in [4.69, 9.17) is 5.73 Å². The molecule has 1 heterocycles. The zero-order chi connectivity index (χ0) is 13.0. The largest absolute Gasteiger partial charge is 0.324 e. The predicted molar refractivity (Wildman–Crippen MR) is 67.7 cm³/mol. The molecule has 0 saturated heterocycles. The summed E-state index contributed by atoms with van der Waals surface area (Å²) in [6.07, 6.45) is 2.35. The first-order valence-corrected chi connectivity index (χ1v) is 5.82. The van der Waals surface area contributed by atoms with Crippen LogP contribution in [0.15, 0.2) is 36.5 Å². The standard InChI is InChI=1S/C13H16N4O/c1-17-9-11(15-16-17)7-12(18)8-13(14)10-5-3-2-4-6-10/h2-6,9,13H,7-8,14H2,1H3. The molecule has 18 heavy (non-hydrogen) atoms. The van der Waals surface area contributed by atoms with Crippen molar-refractivity contribution in [3.8, 4) is 0 Å². The van der Waals surface area contributed by atoms with E-state index < -0.39 is 0 Å². The Morgan fingerprint density at radius 1 is 1.39 bits per heavy atom. The number of nitrogens with two attached hydrogens (primary N) is 1. The highest BCUT2D eigenvalue weighted by Crippen LogP contribution is 2.14. The fraction of sp³-hybridized carbons (Fsp3) is 0.308. The molecule has 0 bridgehead atoms. The molecule has 0 amide bonds. The molecule has 2 N–H and O–H groups in total. The number of carbonyl (C=O) groups excluding carboxylic acids is 1. The molecule has 0 fully saturated rings. The van der Waals surface area contributed by atoms with Crippen LogP contribution in [-0.4, -0.2) is 20.8 Å². The minimum Gasteiger partial charge on any atom is -0.324 e. The van der Waals surface area contributed by atoms with E-state index in [2.05, 4.69) is 10.3 Å². The number of carbonyl (C=O) groups is 1. The van der Waals surface area contributed by atoms with Gasteiger partial charge in [-0.25, -0.2) is 0 Å². The second-order valence-corrected chi connectivity index (χ2v) is 4.32. The Balaban J connectivity index is 1.92. The number of benzene rings is 1. The van der Waals surface area contributed by atoms with Gasteiger partial charge in [0, 0.05) is 25.7 Å². The summed E-state index contributed by atoms with van der Waals surface area (Å²) in [5, 5.41) is 7.68. The van der Waals surface area contributed by atoms with Crippen molar-refractivity contribution in [3.63, 3.8) is 0 Å². The van der Waals surface area contributed by atoms with Crippen molar-refractivity contribution in [2.24, 2.45) is 12.8 Å². The van der Waals surface area contributed by atoms with Gasteiger partial charge in [0.05, 0.1) is 12.1 Å². The van der Waals surface area contributed by atoms with E-state index in [0.717, 1.165) is 5.56 Å². The lowest BCUT2D eigenvalue weighted by atomic mass is 10.0. The van der Waals surface area contributed by atoms with Gasteiger partial charge in [-0.3, -0.25) is 9.48 Å². The molecule has 0 aliphatic carbocycles. The molecule has 0 spiro atoms. The number of ketones is 1. The van der Waals surface area contributed by atoms with Crippen LogP contribution in [0.3, 0.4) is 0 Å². The number of nitrogens with zero attached hydrogens (tertiary/aromatic N) is 3. The maximum atomic E-state index is 11.8. The number of hydrogen-bond acceptors (Lipinski definition) is 4. The Morgan fingerprint density at radius 3 is 2.72 bits per heavy atom. The SMILES string of the molecule is Cn1cc(CC(=O)CC(N)c2ccccc2)nn1. The summed E-state index contributed by atoms with van der Waals surface area (Å²) < 4.78 is 1.58. The Labute approximate surface area is 106 Å². The third kappa shape index (κ3) is 3.24. The Bertz CT molecular complexity index is 521. The van der Waals surface area contributed by atoms with Gasteiger partial charge in [-0.2, -0.15) is 0 Å². The van der Waals surface area contributed by atoms with E-state index in [1.54, 1.807) is 17.9 Å². The zero-order valence-electron chi connectivity index (χ0n) is 10.3. The molecule has 5 heteroatoms. The predicted octanol–water partition coefficient (Wildman–Crippen LogP) is 1.02. The first kappa shape index (κ1) is 12.4. The van der Waals surface area contributed by atoms with Gasteiger partial charge in [0.1, 0.15) is 5.78 Å². The van der Waals surface area contributed by atoms with Crippen molar-refractivity contribution in [2.75, 3.05) is 0 Å². The molecule has 5 nitrogen and oxygen atoms in total. The van der Waals surface area contributed by atoms with Gasteiger partial charge < -0.3 is 5.73 Å². The average molecular weight is 244 g/mol. The summed E-state index contributed by atoms with van der Waals surface area (Å²) in [7, 11) is 1.77. The first-order chi connectivity index (χ1) is 8.65. The Hall–Kier alpha value is -2.01. The summed E-state index contributed by atoms with van der Waals surface area (Å²) >= 11 is 0. The Morgan fingerprint density at radius 2 is 2.11 bits per heavy atom. The van der Waals surface area contributed by atoms with E-state index in [-0.39, 0.29) is 18.2 Å². The van der Waals surface area contributed by atoms with Crippen LogP contribution in [0.5, 0.6) is 0 Å². The number of aryl methyl sites for hydroxylation is 1. The molecule has 2 aromatic rings. The molecule has 1 aromatic heterocycles. The van der Waals surface area contributed by atoms with Gasteiger partial charge in [-0.1, -0.05) is 35.5 Å². The van der Waals surface area contributed by atoms with Gasteiger partial charge in [0.15, 0.2) is 0 Å². The van der Waals surface area contributed by atoms with Crippen LogP contribution in [-0.2, 0) is 18.3 Å². The molecule has 0 aliphatic rings. The van der Waals surface area contributed by atoms with Crippen LogP contribution in [0.2, 0.25) is 0 Å². The lowest BCUT2D eigenvalue weighted by Crippen LogP contribution is -2.16. The second kappa shape index (κ2) is 5.55. The third-order valence-corrected chi connectivity index (χ3v) is 2.70. The number of rotatable bonds is 5. The van der Waals surface area contributed by atoms with Crippen molar-refractivity contribution in [1.82, 2.24) is 15.0 Å². The third-order valence-electron chi connectivity index (χ3n) is 2.70. The average Bonchev–Trinajstić information content (AvgIpc) is 2.75. The van der Waals surface area contributed by atoms with Gasteiger partial charge in [0.25, 0.3) is 0 Å². The van der Waals surface area contributed by atoms with Crippen molar-refractivity contribution in [1.29, 1.82) is 0 Å². The topological polar surface area (TPSA) is 73.8 Å². The lowest BCUT2D eigenvalue weighted by molar-refractivity contribution is -0.118. The van der Waals surface area contributed by atoms with Gasteiger partial charge in [-0.05, 0) is 5.56 Å². The van der Waals surface area contributed by atoms with Gasteiger partial charge in [0.2, 0.25) is 0 Å². The second-order valence-electron chi connectivity index (χ2n) is 4.32. The van der Waals surface area contributed by atoms with Crippen molar-refractivity contribution in [2.45, 2.75) is 18.9 Å². The molecule has 94 valence electrons. The number of aromatic nitrogens is 3. The quantitative estimate of drug-likeness (QED) is 0.852. The van der Waals surface area contributed by atoms with E-state index >= 15 is 0 Å². The molecule has 1 atom stereocenters. The van der Waals surface area contributed by atoms with E-state index in [1.807, 2.05) is 30.3 Å². The molecule has 0 saturated carbocycles. The molecule has 1 aromatic carbocycles. The summed E-state index contributed by atoms with van der Waals surface area (Å²) in [5.41, 5.74) is 7.65. The van der Waals surface area contributed by atoms with E-state index in [0.29, 0.717) is 12.1 Å². The smallest absolute Gasteiger partial charge is 0.140 e. The molecular weight excluding hydrogens is 228 g/mol. The van der Waals surface area contributed by atoms with E-state index in [9.17, 15) is 4.79 Å². The maximum absolute atomic E-state index is 11.8. The van der Waals surface area contributed by atoms with Crippen molar-refractivity contribution >= 4 is 5.78 Å². The molecule has 2 rings (SSSR count). The monoisotopic (exact) mass is 244 g/mol. The normalized spacial score (nSPS) is 12.3. The highest BCUT2D eigenvalue weighted by Gasteiger charge is 2.13. The summed E-state index contributed by atoms with van der Waals surface area (Å²) in [5.74, 6) is 0.0758. The number of Topliss-reactive ketones (excluding diaryl/α,β-unsaturated/α-hetero) is 1. The summed E-state index contributed by atoms with van der Waals surface area (Å²) in [6, 6.07) is 9.37. The van der Waals surface area contributed by atoms with E-state index in [1.165, 1.54) is 0 Å². The van der Waals surface area contributed by atoms with Gasteiger partial charge in [-0.15, -0.1) is 5.10 Å². The minimum absolute atomic E-state index is 0.0758. The van der Waals surface area contributed by atoms with Crippen LogP contribution in [0, 0.1) is 0 Å². The Kier molecular flexibility index (Phi) is 3.84. The highest BCUT2D eigenvalue weighted by molar-refractivity contribution is 5.81. The first-order valence-electron chi connectivity index (χ1n) is 5.82. The highest BCUT2D eigenvalue weighted by atomic mass is 16.1. The van der Waals surface area contributed by atoms with Crippen LogP contribution < -0.4 is 5.73 Å². The van der Waals surface area contributed by atoms with Crippen LogP contribution in [0.25, 0.3) is 0 Å². The van der Waals surface area contributed by atoms with Crippen LogP contribution in [0.1, 0.15) is 23.7 Å². The lowest BCUT2D eigenvalue weighted by Gasteiger charge is -2.10. The molecule has 1 unspecified atom stereocenters. The van der Waals surface area contributed by atoms with Crippen LogP contribution >= 0.6 is 0 Å². The molecule has 0 aliphatic heterocycles. The molecular formula is C13H16N4O. The molecule has 0 radical (unpaired) electrons. The summed E-state index contributed by atoms with van der Waals surface area (Å²) in [4.78, 5) is 11.8. The minimum atomic E-state index is -0.254. The van der Waals surface area contributed by atoms with Crippen molar-refractivity contribution < 1.29 is 4.79 Å². The zero-order valence-corrected chi connectivity index (χ0v) is 10.3. The van der Waals surface area contributed by atoms with Gasteiger partial charge >= 0.3 is 0 Å². The summed E-state index contributed by atoms with van der Waals surface area (Å²) in [6.45, 7) is 0. The van der Waals surface area contributed by atoms with Crippen molar-refractivity contribution in [3.05, 3.63) is 47.8 Å².